The molecule has 0 bridgehead atoms. The van der Waals surface area contributed by atoms with E-state index in [9.17, 15) is 21.6 Å². The van der Waals surface area contributed by atoms with Crippen LogP contribution in [-0.2, 0) is 10.0 Å². The number of sulfonamides is 1. The number of hydrogen-bond donors (Lipinski definition) is 1. The molecule has 0 spiro atoms. The Bertz CT molecular complexity index is 1450. The number of rotatable bonds is 6. The third kappa shape index (κ3) is 5.05. The van der Waals surface area contributed by atoms with Crippen molar-refractivity contribution < 1.29 is 26.3 Å². The van der Waals surface area contributed by atoms with Crippen molar-refractivity contribution in [1.82, 2.24) is 15.0 Å². The van der Waals surface area contributed by atoms with Crippen LogP contribution in [0.3, 0.4) is 0 Å². The van der Waals surface area contributed by atoms with Gasteiger partial charge in [0, 0.05) is 17.5 Å². The van der Waals surface area contributed by atoms with Crippen molar-refractivity contribution in [2.24, 2.45) is 0 Å². The van der Waals surface area contributed by atoms with Gasteiger partial charge < -0.3 is 4.74 Å². The molecule has 0 saturated heterocycles. The summed E-state index contributed by atoms with van der Waals surface area (Å²) in [5.74, 6) is -1.18. The molecule has 2 aromatic carbocycles. The summed E-state index contributed by atoms with van der Waals surface area (Å²) in [4.78, 5) is 11.9. The average Bonchev–Trinajstić information content (AvgIpc) is 2.77. The number of para-hydroxylation sites is 2. The van der Waals surface area contributed by atoms with E-state index in [2.05, 4.69) is 19.7 Å². The normalized spacial score (nSPS) is 13.0. The van der Waals surface area contributed by atoms with Crippen LogP contribution in [-0.4, -0.2) is 29.5 Å². The molecular weight excluding hydrogens is 493 g/mol. The number of aryl methyl sites for hydroxylation is 1. The van der Waals surface area contributed by atoms with Crippen LogP contribution >= 0.6 is 11.6 Å². The predicted octanol–water partition coefficient (Wildman–Crippen LogP) is 5.47. The first-order chi connectivity index (χ1) is 16.0. The number of nitrogens with zero attached hydrogens (tertiary/aromatic N) is 3. The first-order valence-corrected chi connectivity index (χ1v) is 11.6. The van der Waals surface area contributed by atoms with Crippen LogP contribution in [0.1, 0.15) is 17.4 Å². The molecule has 1 N–H and O–H groups in total. The van der Waals surface area contributed by atoms with E-state index in [1.54, 1.807) is 19.1 Å². The average molecular weight is 509 g/mol. The van der Waals surface area contributed by atoms with Crippen LogP contribution in [0.2, 0.25) is 5.02 Å². The van der Waals surface area contributed by atoms with E-state index in [-0.39, 0.29) is 26.5 Å². The lowest BCUT2D eigenvalue weighted by molar-refractivity contribution is -0.198. The number of anilines is 1. The van der Waals surface area contributed by atoms with Gasteiger partial charge in [-0.05, 0) is 37.3 Å². The molecule has 0 amide bonds. The molecule has 0 radical (unpaired) electrons. The standard InChI is InChI=1S/C22H16ClF3N4O3S/c1-13-10-11-14(12-27-13)19(22(24,25)26)33-21-20(28-16-7-3-4-8-17(16)29-21)30-34(31,32)18-9-5-2-6-15(18)23/h2-12,19H,1H3,(H,28,30). The second-order valence-electron chi connectivity index (χ2n) is 7.17. The van der Waals surface area contributed by atoms with Gasteiger partial charge in [-0.25, -0.2) is 18.4 Å². The van der Waals surface area contributed by atoms with Crippen molar-refractivity contribution in [2.75, 3.05) is 4.72 Å². The molecule has 176 valence electrons. The molecule has 12 heteroatoms. The summed E-state index contributed by atoms with van der Waals surface area (Å²) in [6.07, 6.45) is -6.29. The van der Waals surface area contributed by atoms with E-state index in [1.165, 1.54) is 48.5 Å². The molecular formula is C22H16ClF3N4O3S. The first kappa shape index (κ1) is 23.7. The van der Waals surface area contributed by atoms with Crippen LogP contribution in [0.25, 0.3) is 11.0 Å². The SMILES string of the molecule is Cc1ccc(C(Oc2nc3ccccc3nc2NS(=O)(=O)c2ccccc2Cl)C(F)(F)F)cn1. The van der Waals surface area contributed by atoms with Gasteiger partial charge in [-0.15, -0.1) is 0 Å². The number of ether oxygens (including phenoxy) is 1. The number of nitrogens with one attached hydrogen (secondary N) is 1. The molecule has 34 heavy (non-hydrogen) atoms. The number of aromatic nitrogens is 3. The number of alkyl halides is 3. The number of benzene rings is 2. The Morgan fingerprint density at radius 3 is 2.24 bits per heavy atom. The number of fused-ring (bicyclic) bond motifs is 1. The molecule has 0 saturated carbocycles. The quantitative estimate of drug-likeness (QED) is 0.371. The summed E-state index contributed by atoms with van der Waals surface area (Å²) < 4.78 is 75.1. The van der Waals surface area contributed by atoms with Crippen molar-refractivity contribution in [3.8, 4) is 5.88 Å². The maximum Gasteiger partial charge on any atom is 0.429 e. The lowest BCUT2D eigenvalue weighted by atomic mass is 10.1. The van der Waals surface area contributed by atoms with Crippen molar-refractivity contribution in [3.63, 3.8) is 0 Å². The fourth-order valence-electron chi connectivity index (χ4n) is 3.05. The number of halogens is 4. The fourth-order valence-corrected chi connectivity index (χ4v) is 4.57. The van der Waals surface area contributed by atoms with Gasteiger partial charge in [-0.2, -0.15) is 13.2 Å². The zero-order chi connectivity index (χ0) is 24.5. The molecule has 4 rings (SSSR count). The lowest BCUT2D eigenvalue weighted by Crippen LogP contribution is -2.27. The molecule has 0 aliphatic carbocycles. The number of hydrogen-bond acceptors (Lipinski definition) is 6. The summed E-state index contributed by atoms with van der Waals surface area (Å²) in [6, 6.07) is 14.5. The van der Waals surface area contributed by atoms with E-state index in [0.717, 1.165) is 6.20 Å². The van der Waals surface area contributed by atoms with E-state index in [1.807, 2.05) is 0 Å². The van der Waals surface area contributed by atoms with Crippen LogP contribution in [0.15, 0.2) is 71.8 Å². The molecule has 7 nitrogen and oxygen atoms in total. The van der Waals surface area contributed by atoms with Gasteiger partial charge in [0.05, 0.1) is 16.1 Å². The summed E-state index contributed by atoms with van der Waals surface area (Å²) in [5.41, 5.74) is 0.685. The summed E-state index contributed by atoms with van der Waals surface area (Å²) in [7, 11) is -4.33. The Labute approximate surface area is 197 Å². The Morgan fingerprint density at radius 2 is 1.62 bits per heavy atom. The Balaban J connectivity index is 1.82. The highest BCUT2D eigenvalue weighted by Crippen LogP contribution is 2.39. The van der Waals surface area contributed by atoms with E-state index < -0.39 is 34.0 Å². The van der Waals surface area contributed by atoms with Gasteiger partial charge in [-0.3, -0.25) is 9.71 Å². The minimum Gasteiger partial charge on any atom is -0.457 e. The lowest BCUT2D eigenvalue weighted by Gasteiger charge is -2.23. The Morgan fingerprint density at radius 1 is 0.971 bits per heavy atom. The van der Waals surface area contributed by atoms with Gasteiger partial charge >= 0.3 is 6.18 Å². The van der Waals surface area contributed by atoms with E-state index >= 15 is 0 Å². The van der Waals surface area contributed by atoms with E-state index in [4.69, 9.17) is 16.3 Å². The molecule has 0 fully saturated rings. The zero-order valence-corrected chi connectivity index (χ0v) is 19.0. The summed E-state index contributed by atoms with van der Waals surface area (Å²) >= 11 is 6.00. The predicted molar refractivity (Wildman–Crippen MR) is 120 cm³/mol. The van der Waals surface area contributed by atoms with Gasteiger partial charge in [0.25, 0.3) is 15.9 Å². The van der Waals surface area contributed by atoms with Crippen molar-refractivity contribution in [2.45, 2.75) is 24.1 Å². The first-order valence-electron chi connectivity index (χ1n) is 9.74. The maximum absolute atomic E-state index is 13.9. The third-order valence-electron chi connectivity index (χ3n) is 4.66. The minimum absolute atomic E-state index is 0.0786. The van der Waals surface area contributed by atoms with Crippen molar-refractivity contribution in [1.29, 1.82) is 0 Å². The van der Waals surface area contributed by atoms with Crippen LogP contribution in [0, 0.1) is 6.92 Å². The van der Waals surface area contributed by atoms with Crippen molar-refractivity contribution in [3.05, 3.63) is 83.1 Å². The highest BCUT2D eigenvalue weighted by Gasteiger charge is 2.44. The molecule has 0 aliphatic rings. The summed E-state index contributed by atoms with van der Waals surface area (Å²) in [5, 5.41) is -0.0786. The Kier molecular flexibility index (Phi) is 6.32. The van der Waals surface area contributed by atoms with Crippen LogP contribution in [0.5, 0.6) is 5.88 Å². The molecule has 1 atom stereocenters. The fraction of sp³-hybridized carbons (Fsp3) is 0.136. The van der Waals surface area contributed by atoms with Gasteiger partial charge in [0.1, 0.15) is 4.90 Å². The molecule has 1 unspecified atom stereocenters. The maximum atomic E-state index is 13.9. The number of pyridine rings is 1. The second-order valence-corrected chi connectivity index (χ2v) is 9.23. The zero-order valence-electron chi connectivity index (χ0n) is 17.4. The topological polar surface area (TPSA) is 94.1 Å². The second kappa shape index (κ2) is 9.07. The monoisotopic (exact) mass is 508 g/mol. The highest BCUT2D eigenvalue weighted by atomic mass is 35.5. The minimum atomic E-state index is -4.86. The van der Waals surface area contributed by atoms with Gasteiger partial charge in [0.15, 0.2) is 0 Å². The molecule has 2 aromatic heterocycles. The molecule has 0 aliphatic heterocycles. The Hall–Kier alpha value is -3.44. The van der Waals surface area contributed by atoms with Crippen LogP contribution in [0.4, 0.5) is 19.0 Å². The summed E-state index contributed by atoms with van der Waals surface area (Å²) in [6.45, 7) is 1.63. The van der Waals surface area contributed by atoms with E-state index in [0.29, 0.717) is 5.69 Å². The largest absolute Gasteiger partial charge is 0.457 e. The third-order valence-corrected chi connectivity index (χ3v) is 6.50. The van der Waals surface area contributed by atoms with Crippen molar-refractivity contribution >= 4 is 38.5 Å². The molecule has 4 aromatic rings. The van der Waals surface area contributed by atoms with Crippen LogP contribution < -0.4 is 9.46 Å². The smallest absolute Gasteiger partial charge is 0.429 e. The highest BCUT2D eigenvalue weighted by molar-refractivity contribution is 7.92. The van der Waals surface area contributed by atoms with Gasteiger partial charge in [-0.1, -0.05) is 41.9 Å². The van der Waals surface area contributed by atoms with Gasteiger partial charge in [0.2, 0.25) is 11.9 Å². The molecule has 2 heterocycles.